The van der Waals surface area contributed by atoms with Gasteiger partial charge in [-0.05, 0) is 23.3 Å². The minimum atomic E-state index is -0.709. The SMILES string of the molecule is N#C/C(=C/c1ccccc1)C(=O)NNC(=O)COc1ccccc1-c1ccccc1. The molecule has 0 fully saturated rings. The molecule has 2 N–H and O–H groups in total. The summed E-state index contributed by atoms with van der Waals surface area (Å²) in [4.78, 5) is 24.2. The number of amides is 2. The van der Waals surface area contributed by atoms with Crippen molar-refractivity contribution in [3.8, 4) is 22.9 Å². The number of benzene rings is 3. The van der Waals surface area contributed by atoms with Gasteiger partial charge in [0.1, 0.15) is 17.4 Å². The van der Waals surface area contributed by atoms with Crippen molar-refractivity contribution in [3.63, 3.8) is 0 Å². The Labute approximate surface area is 174 Å². The number of nitrogens with one attached hydrogen (secondary N) is 2. The van der Waals surface area contributed by atoms with Crippen LogP contribution in [0.3, 0.4) is 0 Å². The first-order valence-electron chi connectivity index (χ1n) is 9.20. The number of nitrogens with zero attached hydrogens (tertiary/aromatic N) is 1. The fraction of sp³-hybridized carbons (Fsp3) is 0.0417. The fourth-order valence-electron chi connectivity index (χ4n) is 2.69. The molecule has 0 saturated carbocycles. The van der Waals surface area contributed by atoms with E-state index in [1.165, 1.54) is 6.08 Å². The third kappa shape index (κ3) is 5.57. The molecule has 0 radical (unpaired) electrons. The zero-order valence-corrected chi connectivity index (χ0v) is 16.0. The maximum Gasteiger partial charge on any atom is 0.280 e. The number of hydrazine groups is 1. The van der Waals surface area contributed by atoms with Gasteiger partial charge in [-0.15, -0.1) is 0 Å². The van der Waals surface area contributed by atoms with E-state index >= 15 is 0 Å². The summed E-state index contributed by atoms with van der Waals surface area (Å²) in [5.74, 6) is -0.713. The lowest BCUT2D eigenvalue weighted by Gasteiger charge is -2.12. The van der Waals surface area contributed by atoms with Gasteiger partial charge >= 0.3 is 0 Å². The first-order chi connectivity index (χ1) is 14.7. The Morgan fingerprint density at radius 3 is 2.20 bits per heavy atom. The topological polar surface area (TPSA) is 91.2 Å². The maximum atomic E-state index is 12.1. The van der Waals surface area contributed by atoms with Crippen LogP contribution in [0.4, 0.5) is 0 Å². The number of nitriles is 1. The number of ether oxygens (including phenoxy) is 1. The summed E-state index contributed by atoms with van der Waals surface area (Å²) in [5, 5.41) is 9.20. The van der Waals surface area contributed by atoms with E-state index < -0.39 is 11.8 Å². The van der Waals surface area contributed by atoms with Crippen LogP contribution < -0.4 is 15.6 Å². The Hall–Kier alpha value is -4.37. The van der Waals surface area contributed by atoms with Crippen molar-refractivity contribution in [2.45, 2.75) is 0 Å². The lowest BCUT2D eigenvalue weighted by molar-refractivity contribution is -0.128. The van der Waals surface area contributed by atoms with Gasteiger partial charge in [0.15, 0.2) is 6.61 Å². The normalized spacial score (nSPS) is 10.6. The van der Waals surface area contributed by atoms with Gasteiger partial charge in [0.2, 0.25) is 0 Å². The van der Waals surface area contributed by atoms with E-state index in [2.05, 4.69) is 10.9 Å². The van der Waals surface area contributed by atoms with E-state index in [1.54, 1.807) is 30.3 Å². The molecule has 0 aliphatic rings. The molecule has 0 aliphatic carbocycles. The van der Waals surface area contributed by atoms with Gasteiger partial charge in [-0.25, -0.2) is 0 Å². The number of hydrogen-bond donors (Lipinski definition) is 2. The molecule has 0 unspecified atom stereocenters. The minimum Gasteiger partial charge on any atom is -0.483 e. The Morgan fingerprint density at radius 1 is 0.867 bits per heavy atom. The van der Waals surface area contributed by atoms with E-state index in [9.17, 15) is 14.9 Å². The van der Waals surface area contributed by atoms with Gasteiger partial charge in [-0.3, -0.25) is 20.4 Å². The van der Waals surface area contributed by atoms with E-state index in [0.29, 0.717) is 11.3 Å². The van der Waals surface area contributed by atoms with Crippen LogP contribution in [0.5, 0.6) is 5.75 Å². The van der Waals surface area contributed by atoms with Crippen LogP contribution in [-0.2, 0) is 9.59 Å². The van der Waals surface area contributed by atoms with Crippen molar-refractivity contribution >= 4 is 17.9 Å². The molecule has 0 heterocycles. The molecule has 0 atom stereocenters. The average molecular weight is 397 g/mol. The number of hydrogen-bond acceptors (Lipinski definition) is 4. The highest BCUT2D eigenvalue weighted by atomic mass is 16.5. The Kier molecular flexibility index (Phi) is 6.96. The van der Waals surface area contributed by atoms with Gasteiger partial charge < -0.3 is 4.74 Å². The Morgan fingerprint density at radius 2 is 1.50 bits per heavy atom. The summed E-state index contributed by atoms with van der Waals surface area (Å²) >= 11 is 0. The van der Waals surface area contributed by atoms with E-state index in [1.807, 2.05) is 60.7 Å². The second-order valence-electron chi connectivity index (χ2n) is 6.23. The molecule has 0 spiro atoms. The molecule has 0 saturated heterocycles. The van der Waals surface area contributed by atoms with Crippen molar-refractivity contribution in [3.05, 3.63) is 96.1 Å². The summed E-state index contributed by atoms with van der Waals surface area (Å²) in [5.41, 5.74) is 6.88. The van der Waals surface area contributed by atoms with Crippen molar-refractivity contribution in [1.82, 2.24) is 10.9 Å². The molecule has 0 bridgehead atoms. The molecule has 0 aromatic heterocycles. The maximum absolute atomic E-state index is 12.1. The fourth-order valence-corrected chi connectivity index (χ4v) is 2.69. The van der Waals surface area contributed by atoms with Crippen LogP contribution in [0.2, 0.25) is 0 Å². The highest BCUT2D eigenvalue weighted by Crippen LogP contribution is 2.29. The van der Waals surface area contributed by atoms with Crippen LogP contribution in [-0.4, -0.2) is 18.4 Å². The summed E-state index contributed by atoms with van der Waals surface area (Å²) in [6, 6.07) is 27.8. The van der Waals surface area contributed by atoms with E-state index in [0.717, 1.165) is 11.1 Å². The zero-order chi connectivity index (χ0) is 21.2. The molecule has 6 nitrogen and oxygen atoms in total. The largest absolute Gasteiger partial charge is 0.483 e. The van der Waals surface area contributed by atoms with Crippen LogP contribution >= 0.6 is 0 Å². The first-order valence-corrected chi connectivity index (χ1v) is 9.20. The van der Waals surface area contributed by atoms with Gasteiger partial charge in [0, 0.05) is 5.56 Å². The molecule has 30 heavy (non-hydrogen) atoms. The van der Waals surface area contributed by atoms with Crippen LogP contribution in [0.25, 0.3) is 17.2 Å². The van der Waals surface area contributed by atoms with Crippen molar-refractivity contribution in [2.24, 2.45) is 0 Å². The van der Waals surface area contributed by atoms with Crippen molar-refractivity contribution < 1.29 is 14.3 Å². The average Bonchev–Trinajstić information content (AvgIpc) is 2.81. The van der Waals surface area contributed by atoms with Gasteiger partial charge in [-0.2, -0.15) is 5.26 Å². The molecule has 148 valence electrons. The van der Waals surface area contributed by atoms with Crippen LogP contribution in [0.15, 0.2) is 90.5 Å². The summed E-state index contributed by atoms with van der Waals surface area (Å²) in [6.07, 6.45) is 1.44. The molecule has 3 rings (SSSR count). The van der Waals surface area contributed by atoms with Crippen molar-refractivity contribution in [2.75, 3.05) is 6.61 Å². The zero-order valence-electron chi connectivity index (χ0n) is 16.0. The van der Waals surface area contributed by atoms with Gasteiger partial charge in [0.05, 0.1) is 0 Å². The monoisotopic (exact) mass is 397 g/mol. The second kappa shape index (κ2) is 10.2. The van der Waals surface area contributed by atoms with Crippen LogP contribution in [0, 0.1) is 11.3 Å². The Balaban J connectivity index is 1.56. The van der Waals surface area contributed by atoms with Crippen LogP contribution in [0.1, 0.15) is 5.56 Å². The second-order valence-corrected chi connectivity index (χ2v) is 6.23. The number of carbonyl (C=O) groups is 2. The van der Waals surface area contributed by atoms with E-state index in [-0.39, 0.29) is 12.2 Å². The number of rotatable bonds is 6. The quantitative estimate of drug-likeness (QED) is 0.378. The van der Waals surface area contributed by atoms with E-state index in [4.69, 9.17) is 4.74 Å². The lowest BCUT2D eigenvalue weighted by Crippen LogP contribution is -2.44. The smallest absolute Gasteiger partial charge is 0.280 e. The molecule has 0 aliphatic heterocycles. The third-order valence-corrected chi connectivity index (χ3v) is 4.12. The highest BCUT2D eigenvalue weighted by Gasteiger charge is 2.12. The first kappa shape index (κ1) is 20.4. The lowest BCUT2D eigenvalue weighted by atomic mass is 10.1. The standard InChI is InChI=1S/C24H19N3O3/c25-16-20(15-18-9-3-1-4-10-18)24(29)27-26-23(28)17-30-22-14-8-7-13-21(22)19-11-5-2-6-12-19/h1-15H,17H2,(H,26,28)(H,27,29)/b20-15-. The molecule has 6 heteroatoms. The molecule has 2 amide bonds. The van der Waals surface area contributed by atoms with Crippen molar-refractivity contribution in [1.29, 1.82) is 5.26 Å². The minimum absolute atomic E-state index is 0.128. The number of para-hydroxylation sites is 1. The molecule has 3 aromatic rings. The number of carbonyl (C=O) groups excluding carboxylic acids is 2. The Bertz CT molecular complexity index is 1090. The molecule has 3 aromatic carbocycles. The molecular formula is C24H19N3O3. The predicted molar refractivity (Wildman–Crippen MR) is 114 cm³/mol. The summed E-state index contributed by atoms with van der Waals surface area (Å²) < 4.78 is 5.63. The predicted octanol–water partition coefficient (Wildman–Crippen LogP) is 3.49. The van der Waals surface area contributed by atoms with Gasteiger partial charge in [0.25, 0.3) is 11.8 Å². The summed E-state index contributed by atoms with van der Waals surface area (Å²) in [6.45, 7) is -0.297. The summed E-state index contributed by atoms with van der Waals surface area (Å²) in [7, 11) is 0. The molecular weight excluding hydrogens is 378 g/mol. The third-order valence-electron chi connectivity index (χ3n) is 4.12. The van der Waals surface area contributed by atoms with Gasteiger partial charge in [-0.1, -0.05) is 78.9 Å². The highest BCUT2D eigenvalue weighted by molar-refractivity contribution is 6.02.